The van der Waals surface area contributed by atoms with Crippen molar-refractivity contribution in [2.24, 2.45) is 10.3 Å². The maximum absolute atomic E-state index is 10.5. The van der Waals surface area contributed by atoms with Gasteiger partial charge in [0, 0.05) is 0 Å². The lowest BCUT2D eigenvalue weighted by Gasteiger charge is -1.90. The topological polar surface area (TPSA) is 70.9 Å². The lowest BCUT2D eigenvalue weighted by atomic mass is 10.2. The Morgan fingerprint density at radius 1 is 1.78 bits per heavy atom. The standard InChI is InChI=1S/C4H5N3O2/c1-2-3(7-9)4(8)6-5-2/h3H,1H3,(H,6,8)/t3-/m1/s1. The molecule has 5 nitrogen and oxygen atoms in total. The van der Waals surface area contributed by atoms with Crippen LogP contribution in [0.3, 0.4) is 0 Å². The van der Waals surface area contributed by atoms with E-state index in [9.17, 15) is 9.70 Å². The van der Waals surface area contributed by atoms with E-state index < -0.39 is 11.9 Å². The molecule has 0 unspecified atom stereocenters. The van der Waals surface area contributed by atoms with Gasteiger partial charge in [-0.3, -0.25) is 4.79 Å². The molecule has 0 aromatic rings. The second kappa shape index (κ2) is 1.93. The largest absolute Gasteiger partial charge is 0.274 e. The monoisotopic (exact) mass is 127 g/mol. The van der Waals surface area contributed by atoms with Crippen LogP contribution in [0.4, 0.5) is 0 Å². The first-order valence-corrected chi connectivity index (χ1v) is 2.42. The molecule has 0 saturated carbocycles. The van der Waals surface area contributed by atoms with E-state index in [0.717, 1.165) is 0 Å². The van der Waals surface area contributed by atoms with Crippen LogP contribution in [0.2, 0.25) is 0 Å². The van der Waals surface area contributed by atoms with Gasteiger partial charge in [0.25, 0.3) is 5.91 Å². The number of nitrogens with one attached hydrogen (secondary N) is 1. The van der Waals surface area contributed by atoms with Gasteiger partial charge in [-0.2, -0.15) is 5.10 Å². The maximum Gasteiger partial charge on any atom is 0.274 e. The van der Waals surface area contributed by atoms with Gasteiger partial charge in [-0.05, 0) is 6.92 Å². The van der Waals surface area contributed by atoms with Crippen molar-refractivity contribution in [3.8, 4) is 0 Å². The van der Waals surface area contributed by atoms with Gasteiger partial charge < -0.3 is 0 Å². The molecule has 0 spiro atoms. The van der Waals surface area contributed by atoms with Crippen molar-refractivity contribution >= 4 is 11.6 Å². The van der Waals surface area contributed by atoms with E-state index in [1.165, 1.54) is 0 Å². The fourth-order valence-corrected chi connectivity index (χ4v) is 0.579. The number of hydrazone groups is 1. The molecule has 9 heavy (non-hydrogen) atoms. The molecular weight excluding hydrogens is 122 g/mol. The van der Waals surface area contributed by atoms with Crippen molar-refractivity contribution in [2.75, 3.05) is 0 Å². The van der Waals surface area contributed by atoms with E-state index in [4.69, 9.17) is 0 Å². The van der Waals surface area contributed by atoms with Crippen LogP contribution in [-0.2, 0) is 4.79 Å². The summed E-state index contributed by atoms with van der Waals surface area (Å²) < 4.78 is 0. The SMILES string of the molecule is CC1=NNC(=O)[C@@H]1N=O. The minimum absolute atomic E-state index is 0.426. The van der Waals surface area contributed by atoms with Gasteiger partial charge in [0.2, 0.25) is 6.04 Å². The molecule has 0 aromatic carbocycles. The average molecular weight is 127 g/mol. The van der Waals surface area contributed by atoms with Gasteiger partial charge in [-0.15, -0.1) is 4.91 Å². The first kappa shape index (κ1) is 5.87. The van der Waals surface area contributed by atoms with Crippen LogP contribution in [0.1, 0.15) is 6.92 Å². The lowest BCUT2D eigenvalue weighted by Crippen LogP contribution is -2.25. The Balaban J connectivity index is 2.79. The van der Waals surface area contributed by atoms with Crippen molar-refractivity contribution in [3.63, 3.8) is 0 Å². The fourth-order valence-electron chi connectivity index (χ4n) is 0.579. The summed E-state index contributed by atoms with van der Waals surface area (Å²) in [6.07, 6.45) is 0. The second-order valence-corrected chi connectivity index (χ2v) is 1.74. The zero-order valence-electron chi connectivity index (χ0n) is 4.79. The zero-order valence-corrected chi connectivity index (χ0v) is 4.79. The first-order chi connectivity index (χ1) is 4.25. The van der Waals surface area contributed by atoms with Crippen LogP contribution in [-0.4, -0.2) is 17.7 Å². The highest BCUT2D eigenvalue weighted by Gasteiger charge is 2.27. The van der Waals surface area contributed by atoms with Gasteiger partial charge in [0.15, 0.2) is 0 Å². The summed E-state index contributed by atoms with van der Waals surface area (Å²) in [6, 6.07) is -0.898. The van der Waals surface area contributed by atoms with Crippen LogP contribution in [0, 0.1) is 4.91 Å². The van der Waals surface area contributed by atoms with Crippen molar-refractivity contribution in [3.05, 3.63) is 4.91 Å². The Kier molecular flexibility index (Phi) is 1.26. The molecule has 0 saturated heterocycles. The summed E-state index contributed by atoms with van der Waals surface area (Å²) in [5, 5.41) is 6.05. The van der Waals surface area contributed by atoms with E-state index in [2.05, 4.69) is 15.7 Å². The molecule has 1 aliphatic heterocycles. The second-order valence-electron chi connectivity index (χ2n) is 1.74. The van der Waals surface area contributed by atoms with Crippen molar-refractivity contribution in [1.82, 2.24) is 5.43 Å². The summed E-state index contributed by atoms with van der Waals surface area (Å²) in [5.74, 6) is -0.442. The third kappa shape index (κ3) is 0.802. The Labute approximate surface area is 51.1 Å². The summed E-state index contributed by atoms with van der Waals surface area (Å²) in [4.78, 5) is 20.3. The van der Waals surface area contributed by atoms with E-state index in [1.807, 2.05) is 0 Å². The van der Waals surface area contributed by atoms with E-state index >= 15 is 0 Å². The van der Waals surface area contributed by atoms with Crippen molar-refractivity contribution in [1.29, 1.82) is 0 Å². The van der Waals surface area contributed by atoms with E-state index in [1.54, 1.807) is 6.92 Å². The third-order valence-corrected chi connectivity index (χ3v) is 1.09. The molecule has 0 fully saturated rings. The Bertz CT molecular complexity index is 186. The van der Waals surface area contributed by atoms with Gasteiger partial charge >= 0.3 is 0 Å². The van der Waals surface area contributed by atoms with Crippen LogP contribution in [0.15, 0.2) is 10.3 Å². The summed E-state index contributed by atoms with van der Waals surface area (Å²) >= 11 is 0. The van der Waals surface area contributed by atoms with E-state index in [0.29, 0.717) is 5.71 Å². The van der Waals surface area contributed by atoms with Crippen molar-refractivity contribution < 1.29 is 4.79 Å². The average Bonchev–Trinajstić information content (AvgIpc) is 2.12. The minimum atomic E-state index is -0.898. The van der Waals surface area contributed by atoms with Crippen LogP contribution in [0.5, 0.6) is 0 Å². The molecule has 0 radical (unpaired) electrons. The number of carbonyl (C=O) groups is 1. The fraction of sp³-hybridized carbons (Fsp3) is 0.500. The summed E-state index contributed by atoms with van der Waals surface area (Å²) in [6.45, 7) is 1.57. The molecule has 1 aliphatic rings. The molecule has 1 N–H and O–H groups in total. The van der Waals surface area contributed by atoms with Crippen molar-refractivity contribution in [2.45, 2.75) is 13.0 Å². The highest BCUT2D eigenvalue weighted by atomic mass is 16.3. The Hall–Kier alpha value is -1.26. The number of hydrogen-bond acceptors (Lipinski definition) is 4. The molecule has 48 valence electrons. The molecule has 1 amide bonds. The van der Waals surface area contributed by atoms with E-state index in [-0.39, 0.29) is 0 Å². The molecular formula is C4H5N3O2. The smallest absolute Gasteiger partial charge is 0.270 e. The summed E-state index contributed by atoms with van der Waals surface area (Å²) in [7, 11) is 0. The number of rotatable bonds is 1. The van der Waals surface area contributed by atoms with Gasteiger partial charge in [0.1, 0.15) is 0 Å². The molecule has 5 heteroatoms. The predicted molar refractivity (Wildman–Crippen MR) is 30.8 cm³/mol. The molecule has 0 bridgehead atoms. The van der Waals surface area contributed by atoms with Gasteiger partial charge in [0.05, 0.1) is 5.71 Å². The third-order valence-electron chi connectivity index (χ3n) is 1.09. The number of carbonyl (C=O) groups excluding carboxylic acids is 1. The van der Waals surface area contributed by atoms with Crippen LogP contribution in [0.25, 0.3) is 0 Å². The maximum atomic E-state index is 10.5. The molecule has 1 atom stereocenters. The van der Waals surface area contributed by atoms with Gasteiger partial charge in [-0.25, -0.2) is 5.43 Å². The van der Waals surface area contributed by atoms with Crippen LogP contribution >= 0.6 is 0 Å². The first-order valence-electron chi connectivity index (χ1n) is 2.42. The summed E-state index contributed by atoms with van der Waals surface area (Å²) in [5.41, 5.74) is 2.55. The molecule has 1 rings (SSSR count). The number of nitroso groups, excluding NO2 is 1. The number of amides is 1. The number of nitrogens with zero attached hydrogens (tertiary/aromatic N) is 2. The Morgan fingerprint density at radius 2 is 2.44 bits per heavy atom. The number of hydrogen-bond donors (Lipinski definition) is 1. The Morgan fingerprint density at radius 3 is 2.67 bits per heavy atom. The highest BCUT2D eigenvalue weighted by Crippen LogP contribution is 2.00. The minimum Gasteiger partial charge on any atom is -0.270 e. The highest BCUT2D eigenvalue weighted by molar-refractivity contribution is 6.10. The molecule has 0 aromatic heterocycles. The van der Waals surface area contributed by atoms with Crippen LogP contribution < -0.4 is 5.43 Å². The molecule has 0 aliphatic carbocycles. The van der Waals surface area contributed by atoms with Gasteiger partial charge in [-0.1, -0.05) is 5.18 Å². The normalized spacial score (nSPS) is 25.2. The predicted octanol–water partition coefficient (Wildman–Crippen LogP) is -0.373. The zero-order chi connectivity index (χ0) is 6.85. The quantitative estimate of drug-likeness (QED) is 0.488. The lowest BCUT2D eigenvalue weighted by molar-refractivity contribution is -0.120. The molecule has 1 heterocycles.